The fourth-order valence-corrected chi connectivity index (χ4v) is 2.78. The summed E-state index contributed by atoms with van der Waals surface area (Å²) in [6, 6.07) is 6.97. The fraction of sp³-hybridized carbons (Fsp3) is 0.333. The monoisotopic (exact) mass is 429 g/mol. The van der Waals surface area contributed by atoms with Crippen LogP contribution in [0.1, 0.15) is 43.6 Å². The molecule has 1 aromatic heterocycles. The average molecular weight is 430 g/mol. The maximum Gasteiger partial charge on any atom is 0.416 e. The van der Waals surface area contributed by atoms with Crippen LogP contribution in [0, 0.1) is 0 Å². The van der Waals surface area contributed by atoms with Crippen molar-refractivity contribution in [2.45, 2.75) is 38.5 Å². The summed E-state index contributed by atoms with van der Waals surface area (Å²) in [4.78, 5) is 16.6. The summed E-state index contributed by atoms with van der Waals surface area (Å²) in [5.74, 6) is 0. The molecule has 0 radical (unpaired) electrons. The Morgan fingerprint density at radius 3 is 2.23 bits per heavy atom. The minimum Gasteiger partial charge on any atom is -0.334 e. The van der Waals surface area contributed by atoms with Crippen molar-refractivity contribution in [1.29, 1.82) is 0 Å². The van der Waals surface area contributed by atoms with Gasteiger partial charge in [-0.2, -0.15) is 13.2 Å². The van der Waals surface area contributed by atoms with Gasteiger partial charge in [0.2, 0.25) is 0 Å². The van der Waals surface area contributed by atoms with Crippen LogP contribution in [0.3, 0.4) is 0 Å². The zero-order chi connectivity index (χ0) is 19.5. The normalized spacial score (nSPS) is 13.2. The maximum atomic E-state index is 12.8. The summed E-state index contributed by atoms with van der Waals surface area (Å²) in [5, 5.41) is 5.55. The number of benzene rings is 1. The summed E-state index contributed by atoms with van der Waals surface area (Å²) >= 11 is 3.38. The minimum atomic E-state index is -4.42. The lowest BCUT2D eigenvalue weighted by Crippen LogP contribution is -2.47. The Morgan fingerprint density at radius 2 is 1.73 bits per heavy atom. The van der Waals surface area contributed by atoms with E-state index in [-0.39, 0.29) is 0 Å². The fourth-order valence-electron chi connectivity index (χ4n) is 2.29. The van der Waals surface area contributed by atoms with Gasteiger partial charge in [0.1, 0.15) is 0 Å². The number of urea groups is 1. The second kappa shape index (κ2) is 7.65. The number of hydrogen-bond donors (Lipinski definition) is 2. The number of nitrogens with zero attached hydrogens (tertiary/aromatic N) is 1. The summed E-state index contributed by atoms with van der Waals surface area (Å²) < 4.78 is 39.1. The van der Waals surface area contributed by atoms with Crippen molar-refractivity contribution < 1.29 is 18.0 Å². The van der Waals surface area contributed by atoms with Gasteiger partial charge < -0.3 is 10.6 Å². The number of amides is 2. The zero-order valence-electron chi connectivity index (χ0n) is 14.5. The first-order chi connectivity index (χ1) is 12.0. The minimum absolute atomic E-state index is 0.444. The van der Waals surface area contributed by atoms with Gasteiger partial charge in [0.05, 0.1) is 17.3 Å². The first-order valence-corrected chi connectivity index (χ1v) is 8.63. The lowest BCUT2D eigenvalue weighted by Gasteiger charge is -2.25. The Kier molecular flexibility index (Phi) is 5.95. The standard InChI is InChI=1S/C18H19BrF3N3O/c1-17(2,3)25-16(26)24-14(15-13(19)5-4-10-23-15)11-6-8-12(9-7-11)18(20,21)22/h4-10,14H,1-3H3,(H2,24,25,26). The van der Waals surface area contributed by atoms with Crippen LogP contribution >= 0.6 is 15.9 Å². The van der Waals surface area contributed by atoms with Gasteiger partial charge in [-0.3, -0.25) is 4.98 Å². The smallest absolute Gasteiger partial charge is 0.334 e. The van der Waals surface area contributed by atoms with Crippen molar-refractivity contribution in [3.63, 3.8) is 0 Å². The van der Waals surface area contributed by atoms with Gasteiger partial charge in [0.25, 0.3) is 0 Å². The van der Waals surface area contributed by atoms with Crippen molar-refractivity contribution in [2.75, 3.05) is 0 Å². The number of aromatic nitrogens is 1. The molecule has 1 aromatic carbocycles. The number of nitrogens with one attached hydrogen (secondary N) is 2. The van der Waals surface area contributed by atoms with Gasteiger partial charge >= 0.3 is 12.2 Å². The van der Waals surface area contributed by atoms with E-state index in [0.717, 1.165) is 12.1 Å². The van der Waals surface area contributed by atoms with Crippen LogP contribution in [-0.4, -0.2) is 16.6 Å². The largest absolute Gasteiger partial charge is 0.416 e. The number of carbonyl (C=O) groups excluding carboxylic acids is 1. The molecule has 0 saturated heterocycles. The zero-order valence-corrected chi connectivity index (χ0v) is 16.1. The molecule has 0 bridgehead atoms. The van der Waals surface area contributed by atoms with E-state index in [4.69, 9.17) is 0 Å². The maximum absolute atomic E-state index is 12.8. The highest BCUT2D eigenvalue weighted by molar-refractivity contribution is 9.10. The Balaban J connectivity index is 2.38. The van der Waals surface area contributed by atoms with Gasteiger partial charge in [-0.1, -0.05) is 12.1 Å². The molecule has 4 nitrogen and oxygen atoms in total. The lowest BCUT2D eigenvalue weighted by atomic mass is 10.0. The molecule has 26 heavy (non-hydrogen) atoms. The molecular formula is C18H19BrF3N3O. The van der Waals surface area contributed by atoms with Crippen LogP contribution in [0.5, 0.6) is 0 Å². The van der Waals surface area contributed by atoms with Crippen molar-refractivity contribution in [1.82, 2.24) is 15.6 Å². The van der Waals surface area contributed by atoms with Gasteiger partial charge in [-0.05, 0) is 66.5 Å². The predicted molar refractivity (Wildman–Crippen MR) is 96.6 cm³/mol. The van der Waals surface area contributed by atoms with E-state index in [1.165, 1.54) is 12.1 Å². The van der Waals surface area contributed by atoms with Crippen LogP contribution in [0.15, 0.2) is 47.1 Å². The van der Waals surface area contributed by atoms with E-state index in [1.807, 2.05) is 20.8 Å². The summed E-state index contributed by atoms with van der Waals surface area (Å²) in [6.07, 6.45) is -2.86. The van der Waals surface area contributed by atoms with Gasteiger partial charge in [-0.25, -0.2) is 4.79 Å². The topological polar surface area (TPSA) is 54.0 Å². The van der Waals surface area contributed by atoms with Crippen LogP contribution in [0.4, 0.5) is 18.0 Å². The third kappa shape index (κ3) is 5.45. The molecule has 140 valence electrons. The van der Waals surface area contributed by atoms with Gasteiger partial charge in [0, 0.05) is 16.2 Å². The van der Waals surface area contributed by atoms with Gasteiger partial charge in [-0.15, -0.1) is 0 Å². The molecule has 0 aliphatic carbocycles. The molecule has 2 aromatic rings. The Morgan fingerprint density at radius 1 is 1.12 bits per heavy atom. The molecule has 8 heteroatoms. The third-order valence-corrected chi connectivity index (χ3v) is 4.07. The van der Waals surface area contributed by atoms with E-state index in [0.29, 0.717) is 15.7 Å². The van der Waals surface area contributed by atoms with Crippen molar-refractivity contribution in [2.24, 2.45) is 0 Å². The SMILES string of the molecule is CC(C)(C)NC(=O)NC(c1ccc(C(F)(F)F)cc1)c1ncccc1Br. The van der Waals surface area contributed by atoms with Crippen molar-refractivity contribution >= 4 is 22.0 Å². The Labute approximate surface area is 158 Å². The van der Waals surface area contributed by atoms with E-state index in [1.54, 1.807) is 18.3 Å². The number of alkyl halides is 3. The number of carbonyl (C=O) groups is 1. The molecule has 2 rings (SSSR count). The highest BCUT2D eigenvalue weighted by atomic mass is 79.9. The number of rotatable bonds is 3. The number of pyridine rings is 1. The molecule has 2 N–H and O–H groups in total. The average Bonchev–Trinajstić information content (AvgIpc) is 2.51. The highest BCUT2D eigenvalue weighted by Crippen LogP contribution is 2.32. The van der Waals surface area contributed by atoms with Crippen molar-refractivity contribution in [3.05, 3.63) is 63.9 Å². The van der Waals surface area contributed by atoms with E-state index in [9.17, 15) is 18.0 Å². The van der Waals surface area contributed by atoms with Gasteiger partial charge in [0.15, 0.2) is 0 Å². The number of halogens is 4. The predicted octanol–water partition coefficient (Wildman–Crippen LogP) is 5.05. The molecule has 1 atom stereocenters. The van der Waals surface area contributed by atoms with Crippen LogP contribution < -0.4 is 10.6 Å². The van der Waals surface area contributed by atoms with Crippen LogP contribution in [0.25, 0.3) is 0 Å². The van der Waals surface area contributed by atoms with E-state index in [2.05, 4.69) is 31.5 Å². The third-order valence-electron chi connectivity index (χ3n) is 3.40. The second-order valence-corrected chi connectivity index (χ2v) is 7.63. The Hall–Kier alpha value is -2.09. The molecule has 0 aliphatic rings. The van der Waals surface area contributed by atoms with Crippen LogP contribution in [0.2, 0.25) is 0 Å². The molecule has 0 fully saturated rings. The lowest BCUT2D eigenvalue weighted by molar-refractivity contribution is -0.137. The first-order valence-electron chi connectivity index (χ1n) is 7.83. The van der Waals surface area contributed by atoms with Crippen molar-refractivity contribution in [3.8, 4) is 0 Å². The molecule has 1 unspecified atom stereocenters. The summed E-state index contributed by atoms with van der Waals surface area (Å²) in [6.45, 7) is 5.49. The van der Waals surface area contributed by atoms with E-state index < -0.39 is 29.4 Å². The van der Waals surface area contributed by atoms with E-state index >= 15 is 0 Å². The first kappa shape index (κ1) is 20.2. The second-order valence-electron chi connectivity index (χ2n) is 6.77. The highest BCUT2D eigenvalue weighted by Gasteiger charge is 2.31. The summed E-state index contributed by atoms with van der Waals surface area (Å²) in [7, 11) is 0. The molecule has 0 aliphatic heterocycles. The molecule has 0 saturated carbocycles. The number of hydrogen-bond acceptors (Lipinski definition) is 2. The summed E-state index contributed by atoms with van der Waals surface area (Å²) in [5.41, 5.74) is -0.229. The van der Waals surface area contributed by atoms with Crippen LogP contribution in [-0.2, 0) is 6.18 Å². The molecule has 0 spiro atoms. The molecule has 1 heterocycles. The Bertz CT molecular complexity index is 770. The molecule has 2 amide bonds. The quantitative estimate of drug-likeness (QED) is 0.716. The molecular weight excluding hydrogens is 411 g/mol.